The minimum Gasteiger partial charge on any atom is -0.494 e. The van der Waals surface area contributed by atoms with Gasteiger partial charge in [0.05, 0.1) is 19.6 Å². The fourth-order valence-electron chi connectivity index (χ4n) is 2.04. The van der Waals surface area contributed by atoms with Crippen LogP contribution in [0.15, 0.2) is 41.3 Å². The summed E-state index contributed by atoms with van der Waals surface area (Å²) in [6.45, 7) is 0. The lowest BCUT2D eigenvalue weighted by Gasteiger charge is -2.11. The van der Waals surface area contributed by atoms with E-state index in [-0.39, 0.29) is 5.56 Å². The molecule has 0 unspecified atom stereocenters. The first-order valence-electron chi connectivity index (χ1n) is 5.94. The molecule has 0 atom stereocenters. The molecule has 102 valence electrons. The van der Waals surface area contributed by atoms with Crippen LogP contribution in [0.1, 0.15) is 0 Å². The number of benzene rings is 1. The number of nitrogens with zero attached hydrogens (tertiary/aromatic N) is 2. The lowest BCUT2D eigenvalue weighted by molar-refractivity contribution is 0.392. The van der Waals surface area contributed by atoms with Gasteiger partial charge in [-0.05, 0) is 35.8 Å². The summed E-state index contributed by atoms with van der Waals surface area (Å²) in [4.78, 5) is 17.4. The van der Waals surface area contributed by atoms with Crippen molar-refractivity contribution in [2.24, 2.45) is 0 Å². The van der Waals surface area contributed by atoms with Gasteiger partial charge in [-0.3, -0.25) is 4.79 Å². The fourth-order valence-corrected chi connectivity index (χ4v) is 3.03. The van der Waals surface area contributed by atoms with E-state index in [1.165, 1.54) is 11.5 Å². The van der Waals surface area contributed by atoms with Gasteiger partial charge in [-0.25, -0.2) is 8.94 Å². The Labute approximate surface area is 119 Å². The van der Waals surface area contributed by atoms with Crippen LogP contribution in [0.5, 0.6) is 11.5 Å². The molecule has 0 saturated carbocycles. The third-order valence-electron chi connectivity index (χ3n) is 2.97. The van der Waals surface area contributed by atoms with Crippen molar-refractivity contribution in [3.05, 3.63) is 46.9 Å². The summed E-state index contributed by atoms with van der Waals surface area (Å²) in [6, 6.07) is 8.92. The van der Waals surface area contributed by atoms with Gasteiger partial charge in [0.1, 0.15) is 22.0 Å². The molecule has 3 rings (SSSR count). The van der Waals surface area contributed by atoms with Crippen molar-refractivity contribution in [3.63, 3.8) is 0 Å². The predicted octanol–water partition coefficient (Wildman–Crippen LogP) is 2.46. The van der Waals surface area contributed by atoms with Crippen LogP contribution in [0, 0.1) is 0 Å². The molecule has 3 aromatic rings. The molecule has 0 spiro atoms. The summed E-state index contributed by atoms with van der Waals surface area (Å²) >= 11 is 1.27. The van der Waals surface area contributed by atoms with Gasteiger partial charge in [0.2, 0.25) is 0 Å². The Hall–Kier alpha value is -2.34. The summed E-state index contributed by atoms with van der Waals surface area (Å²) in [5.41, 5.74) is 0.478. The maximum atomic E-state index is 12.5. The molecule has 0 aliphatic heterocycles. The van der Waals surface area contributed by atoms with Gasteiger partial charge in [0, 0.05) is 6.20 Å². The Balaban J connectivity index is 2.36. The summed E-state index contributed by atoms with van der Waals surface area (Å²) in [6.07, 6.45) is 1.67. The van der Waals surface area contributed by atoms with Gasteiger partial charge in [0.25, 0.3) is 5.56 Å². The van der Waals surface area contributed by atoms with Gasteiger partial charge in [0.15, 0.2) is 0 Å². The molecule has 2 heterocycles. The van der Waals surface area contributed by atoms with Crippen molar-refractivity contribution in [2.45, 2.75) is 0 Å². The van der Waals surface area contributed by atoms with Crippen molar-refractivity contribution in [1.29, 1.82) is 0 Å². The smallest absolute Gasteiger partial charge is 0.275 e. The largest absolute Gasteiger partial charge is 0.494 e. The highest BCUT2D eigenvalue weighted by Crippen LogP contribution is 2.33. The zero-order valence-corrected chi connectivity index (χ0v) is 11.8. The van der Waals surface area contributed by atoms with Crippen LogP contribution in [0.4, 0.5) is 0 Å². The number of hydrogen-bond donors (Lipinski definition) is 0. The Morgan fingerprint density at radius 1 is 1.10 bits per heavy atom. The number of para-hydroxylation sites is 1. The SMILES string of the molecule is COc1cccc(OC)c1-n1sc2ncccc2c1=O. The molecule has 1 aromatic carbocycles. The van der Waals surface area contributed by atoms with Crippen LogP contribution in [-0.4, -0.2) is 23.2 Å². The Bertz CT molecular complexity index is 800. The normalized spacial score (nSPS) is 10.7. The minimum atomic E-state index is -0.124. The van der Waals surface area contributed by atoms with E-state index in [4.69, 9.17) is 9.47 Å². The first-order valence-corrected chi connectivity index (χ1v) is 6.72. The molecule has 6 heteroatoms. The number of fused-ring (bicyclic) bond motifs is 1. The summed E-state index contributed by atoms with van der Waals surface area (Å²) in [7, 11) is 3.13. The highest BCUT2D eigenvalue weighted by Gasteiger charge is 2.17. The maximum Gasteiger partial charge on any atom is 0.275 e. The van der Waals surface area contributed by atoms with Gasteiger partial charge in [-0.1, -0.05) is 6.07 Å². The topological polar surface area (TPSA) is 53.4 Å². The zero-order valence-electron chi connectivity index (χ0n) is 11.0. The number of aromatic nitrogens is 2. The number of hydrogen-bond acceptors (Lipinski definition) is 5. The molecule has 0 saturated heterocycles. The van der Waals surface area contributed by atoms with Crippen LogP contribution in [0.25, 0.3) is 15.9 Å². The molecule has 5 nitrogen and oxygen atoms in total. The quantitative estimate of drug-likeness (QED) is 0.743. The second-order valence-electron chi connectivity index (χ2n) is 4.06. The molecule has 0 bridgehead atoms. The summed E-state index contributed by atoms with van der Waals surface area (Å²) in [5, 5.41) is 0.588. The summed E-state index contributed by atoms with van der Waals surface area (Å²) in [5.74, 6) is 1.16. The number of pyridine rings is 1. The fraction of sp³-hybridized carbons (Fsp3) is 0.143. The Morgan fingerprint density at radius 3 is 2.40 bits per heavy atom. The zero-order chi connectivity index (χ0) is 14.1. The van der Waals surface area contributed by atoms with Crippen LogP contribution in [0.2, 0.25) is 0 Å². The first-order chi connectivity index (χ1) is 9.76. The van der Waals surface area contributed by atoms with Crippen LogP contribution in [0.3, 0.4) is 0 Å². The molecular weight excluding hydrogens is 276 g/mol. The van der Waals surface area contributed by atoms with Crippen LogP contribution in [-0.2, 0) is 0 Å². The number of rotatable bonds is 3. The Kier molecular flexibility index (Phi) is 3.15. The maximum absolute atomic E-state index is 12.5. The lowest BCUT2D eigenvalue weighted by atomic mass is 10.2. The van der Waals surface area contributed by atoms with Crippen LogP contribution < -0.4 is 15.0 Å². The standard InChI is InChI=1S/C14H12N2O3S/c1-18-10-6-3-7-11(19-2)12(10)16-14(17)9-5-4-8-15-13(9)20-16/h3-8H,1-2H3. The molecule has 2 aromatic heterocycles. The number of ether oxygens (including phenoxy) is 2. The summed E-state index contributed by atoms with van der Waals surface area (Å²) < 4.78 is 12.2. The molecule has 0 aliphatic rings. The van der Waals surface area contributed by atoms with Gasteiger partial charge in [-0.15, -0.1) is 0 Å². The predicted molar refractivity (Wildman–Crippen MR) is 78.3 cm³/mol. The van der Waals surface area contributed by atoms with E-state index in [1.807, 2.05) is 6.07 Å². The van der Waals surface area contributed by atoms with E-state index >= 15 is 0 Å². The van der Waals surface area contributed by atoms with E-state index in [2.05, 4.69) is 4.98 Å². The molecular formula is C14H12N2O3S. The Morgan fingerprint density at radius 2 is 1.80 bits per heavy atom. The van der Waals surface area contributed by atoms with E-state index in [9.17, 15) is 4.79 Å². The highest BCUT2D eigenvalue weighted by molar-refractivity contribution is 7.13. The van der Waals surface area contributed by atoms with Crippen LogP contribution >= 0.6 is 11.5 Å². The second-order valence-corrected chi connectivity index (χ2v) is 4.99. The van der Waals surface area contributed by atoms with E-state index in [0.717, 1.165) is 0 Å². The van der Waals surface area contributed by atoms with E-state index in [0.29, 0.717) is 27.4 Å². The average molecular weight is 288 g/mol. The van der Waals surface area contributed by atoms with E-state index < -0.39 is 0 Å². The first kappa shape index (κ1) is 12.7. The molecule has 0 fully saturated rings. The van der Waals surface area contributed by atoms with Crippen molar-refractivity contribution < 1.29 is 9.47 Å². The lowest BCUT2D eigenvalue weighted by Crippen LogP contribution is -2.12. The van der Waals surface area contributed by atoms with Crippen molar-refractivity contribution in [3.8, 4) is 17.2 Å². The van der Waals surface area contributed by atoms with Crippen molar-refractivity contribution in [2.75, 3.05) is 14.2 Å². The number of methoxy groups -OCH3 is 2. The average Bonchev–Trinajstić information content (AvgIpc) is 2.83. The molecule has 0 aliphatic carbocycles. The second kappa shape index (κ2) is 4.97. The van der Waals surface area contributed by atoms with Gasteiger partial charge in [-0.2, -0.15) is 0 Å². The molecule has 0 amide bonds. The van der Waals surface area contributed by atoms with Crippen molar-refractivity contribution >= 4 is 21.7 Å². The van der Waals surface area contributed by atoms with Crippen molar-refractivity contribution in [1.82, 2.24) is 8.94 Å². The molecule has 0 N–H and O–H groups in total. The van der Waals surface area contributed by atoms with Gasteiger partial charge >= 0.3 is 0 Å². The third-order valence-corrected chi connectivity index (χ3v) is 4.00. The monoisotopic (exact) mass is 288 g/mol. The molecule has 0 radical (unpaired) electrons. The van der Waals surface area contributed by atoms with E-state index in [1.54, 1.807) is 48.6 Å². The molecule has 20 heavy (non-hydrogen) atoms. The van der Waals surface area contributed by atoms with Gasteiger partial charge < -0.3 is 9.47 Å². The highest BCUT2D eigenvalue weighted by atomic mass is 32.1. The third kappa shape index (κ3) is 1.85. The minimum absolute atomic E-state index is 0.124.